The summed E-state index contributed by atoms with van der Waals surface area (Å²) in [5.41, 5.74) is 0. The topological polar surface area (TPSA) is 69.2 Å². The average molecular weight is 493 g/mol. The van der Waals surface area contributed by atoms with Gasteiger partial charge >= 0.3 is 0 Å². The van der Waals surface area contributed by atoms with Crippen LogP contribution < -0.4 is 10.6 Å². The van der Waals surface area contributed by atoms with Crippen molar-refractivity contribution in [1.82, 2.24) is 20.4 Å². The highest BCUT2D eigenvalue weighted by atomic mass is 127. The van der Waals surface area contributed by atoms with Gasteiger partial charge in [-0.3, -0.25) is 9.79 Å². The fourth-order valence-corrected chi connectivity index (χ4v) is 4.19. The molecule has 0 bridgehead atoms. The van der Waals surface area contributed by atoms with E-state index < -0.39 is 0 Å². The quantitative estimate of drug-likeness (QED) is 0.343. The molecule has 2 N–H and O–H groups in total. The van der Waals surface area contributed by atoms with Crippen molar-refractivity contribution in [1.29, 1.82) is 0 Å². The molecule has 0 aromatic carbocycles. The Labute approximate surface area is 180 Å². The number of aliphatic imine (C=N–C) groups is 1. The first-order valence-electron chi connectivity index (χ1n) is 10.3. The summed E-state index contributed by atoms with van der Waals surface area (Å²) >= 11 is 0. The standard InChI is InChI=1S/C19H35N5O2.HI/c1-3-20-19(21-12-17-14-23(2)10-11-26-17)22-16-8-9-24(13-16)18(25)15-6-4-5-7-15;/h15-17H,3-14H2,1-2H3,(H2,20,21,22);1H. The number of nitrogens with zero attached hydrogens (tertiary/aromatic N) is 3. The Bertz CT molecular complexity index is 498. The number of ether oxygens (including phenoxy) is 1. The van der Waals surface area contributed by atoms with Gasteiger partial charge < -0.3 is 25.2 Å². The average Bonchev–Trinajstić information content (AvgIpc) is 3.31. The van der Waals surface area contributed by atoms with Crippen LogP contribution in [0.5, 0.6) is 0 Å². The summed E-state index contributed by atoms with van der Waals surface area (Å²) in [7, 11) is 2.12. The van der Waals surface area contributed by atoms with Crippen LogP contribution >= 0.6 is 24.0 Å². The molecule has 0 radical (unpaired) electrons. The van der Waals surface area contributed by atoms with E-state index in [4.69, 9.17) is 9.73 Å². The minimum Gasteiger partial charge on any atom is -0.374 e. The number of guanidine groups is 1. The first kappa shape index (κ1) is 22.7. The van der Waals surface area contributed by atoms with Crippen LogP contribution in [0.25, 0.3) is 0 Å². The molecule has 0 aromatic heterocycles. The number of hydrogen-bond donors (Lipinski definition) is 2. The molecule has 8 heteroatoms. The largest absolute Gasteiger partial charge is 0.374 e. The van der Waals surface area contributed by atoms with Gasteiger partial charge in [0, 0.05) is 44.7 Å². The number of amides is 1. The second-order valence-electron chi connectivity index (χ2n) is 7.87. The number of hydrogen-bond acceptors (Lipinski definition) is 4. The van der Waals surface area contributed by atoms with Gasteiger partial charge in [0.2, 0.25) is 5.91 Å². The zero-order chi connectivity index (χ0) is 18.4. The molecule has 2 atom stereocenters. The zero-order valence-electron chi connectivity index (χ0n) is 16.8. The highest BCUT2D eigenvalue weighted by molar-refractivity contribution is 14.0. The van der Waals surface area contributed by atoms with E-state index in [-0.39, 0.29) is 42.0 Å². The molecule has 2 heterocycles. The summed E-state index contributed by atoms with van der Waals surface area (Å²) in [6, 6.07) is 0.285. The number of halogens is 1. The highest BCUT2D eigenvalue weighted by Crippen LogP contribution is 2.27. The zero-order valence-corrected chi connectivity index (χ0v) is 19.1. The first-order valence-corrected chi connectivity index (χ1v) is 10.3. The van der Waals surface area contributed by atoms with Gasteiger partial charge in [0.05, 0.1) is 19.3 Å². The number of morpholine rings is 1. The molecule has 1 amide bonds. The van der Waals surface area contributed by atoms with Crippen LogP contribution in [0.2, 0.25) is 0 Å². The molecule has 0 spiro atoms. The number of carbonyl (C=O) groups excluding carboxylic acids is 1. The number of rotatable bonds is 5. The van der Waals surface area contributed by atoms with E-state index in [1.54, 1.807) is 0 Å². The predicted octanol–water partition coefficient (Wildman–Crippen LogP) is 1.28. The maximum absolute atomic E-state index is 12.6. The molecule has 0 aromatic rings. The molecule has 1 saturated carbocycles. The Balaban J connectivity index is 0.00000261. The molecule has 27 heavy (non-hydrogen) atoms. The van der Waals surface area contributed by atoms with Gasteiger partial charge in [0.1, 0.15) is 0 Å². The first-order chi connectivity index (χ1) is 12.7. The number of nitrogens with one attached hydrogen (secondary N) is 2. The van der Waals surface area contributed by atoms with Crippen LogP contribution in [-0.4, -0.2) is 86.7 Å². The monoisotopic (exact) mass is 493 g/mol. The summed E-state index contributed by atoms with van der Waals surface area (Å²) in [6.07, 6.45) is 5.73. The van der Waals surface area contributed by atoms with Crippen molar-refractivity contribution in [2.45, 2.75) is 51.2 Å². The Morgan fingerprint density at radius 1 is 1.19 bits per heavy atom. The van der Waals surface area contributed by atoms with Crippen molar-refractivity contribution >= 4 is 35.8 Å². The van der Waals surface area contributed by atoms with Gasteiger partial charge in [-0.1, -0.05) is 12.8 Å². The van der Waals surface area contributed by atoms with Gasteiger partial charge in [0.15, 0.2) is 5.96 Å². The number of likely N-dealkylation sites (N-methyl/N-ethyl adjacent to an activating group) is 1. The van der Waals surface area contributed by atoms with Gasteiger partial charge in [-0.15, -0.1) is 24.0 Å². The van der Waals surface area contributed by atoms with Crippen LogP contribution in [0, 0.1) is 5.92 Å². The molecule has 2 unspecified atom stereocenters. The van der Waals surface area contributed by atoms with Crippen LogP contribution in [0.1, 0.15) is 39.0 Å². The minimum atomic E-state index is 0. The Morgan fingerprint density at radius 3 is 2.67 bits per heavy atom. The van der Waals surface area contributed by atoms with Gasteiger partial charge in [-0.05, 0) is 33.2 Å². The molecular formula is C19H36IN5O2. The lowest BCUT2D eigenvalue weighted by Crippen LogP contribution is -2.46. The summed E-state index contributed by atoms with van der Waals surface area (Å²) < 4.78 is 5.80. The lowest BCUT2D eigenvalue weighted by molar-refractivity contribution is -0.134. The molecule has 3 aliphatic rings. The lowest BCUT2D eigenvalue weighted by atomic mass is 10.1. The van der Waals surface area contributed by atoms with E-state index in [0.29, 0.717) is 12.5 Å². The fraction of sp³-hybridized carbons (Fsp3) is 0.895. The van der Waals surface area contributed by atoms with Gasteiger partial charge in [0.25, 0.3) is 0 Å². The van der Waals surface area contributed by atoms with E-state index in [1.807, 2.05) is 0 Å². The second-order valence-corrected chi connectivity index (χ2v) is 7.87. The molecule has 2 aliphatic heterocycles. The van der Waals surface area contributed by atoms with Crippen molar-refractivity contribution < 1.29 is 9.53 Å². The minimum absolute atomic E-state index is 0. The molecule has 2 saturated heterocycles. The van der Waals surface area contributed by atoms with Crippen molar-refractivity contribution in [3.05, 3.63) is 0 Å². The van der Waals surface area contributed by atoms with E-state index in [9.17, 15) is 4.79 Å². The molecule has 3 fully saturated rings. The third kappa shape index (κ3) is 6.74. The Kier molecular flexibility index (Phi) is 9.58. The van der Waals surface area contributed by atoms with E-state index in [1.165, 1.54) is 12.8 Å². The molecule has 7 nitrogen and oxygen atoms in total. The summed E-state index contributed by atoms with van der Waals surface area (Å²) in [6.45, 7) is 7.92. The lowest BCUT2D eigenvalue weighted by Gasteiger charge is -2.29. The number of carbonyl (C=O) groups is 1. The number of likely N-dealkylation sites (tertiary alicyclic amines) is 1. The summed E-state index contributed by atoms with van der Waals surface area (Å²) in [4.78, 5) is 21.7. The van der Waals surface area contributed by atoms with Crippen molar-refractivity contribution in [2.24, 2.45) is 10.9 Å². The van der Waals surface area contributed by atoms with E-state index in [2.05, 4.69) is 34.4 Å². The van der Waals surface area contributed by atoms with Crippen molar-refractivity contribution in [3.8, 4) is 0 Å². The second kappa shape index (κ2) is 11.4. The Hall–Kier alpha value is -0.610. The van der Waals surface area contributed by atoms with Crippen LogP contribution in [0.4, 0.5) is 0 Å². The maximum Gasteiger partial charge on any atom is 0.225 e. The molecule has 3 rings (SSSR count). The van der Waals surface area contributed by atoms with E-state index >= 15 is 0 Å². The van der Waals surface area contributed by atoms with Crippen LogP contribution in [0.3, 0.4) is 0 Å². The Morgan fingerprint density at radius 2 is 1.96 bits per heavy atom. The van der Waals surface area contributed by atoms with Crippen molar-refractivity contribution in [2.75, 3.05) is 52.9 Å². The normalized spacial score (nSPS) is 27.5. The van der Waals surface area contributed by atoms with Gasteiger partial charge in [-0.25, -0.2) is 0 Å². The third-order valence-electron chi connectivity index (χ3n) is 5.68. The maximum atomic E-state index is 12.6. The predicted molar refractivity (Wildman–Crippen MR) is 119 cm³/mol. The fourth-order valence-electron chi connectivity index (χ4n) is 4.19. The van der Waals surface area contributed by atoms with Crippen molar-refractivity contribution in [3.63, 3.8) is 0 Å². The molecular weight excluding hydrogens is 457 g/mol. The SMILES string of the molecule is CCNC(=NCC1CN(C)CCO1)NC1CCN(C(=O)C2CCCC2)C1.I. The molecule has 1 aliphatic carbocycles. The molecule has 156 valence electrons. The highest BCUT2D eigenvalue weighted by Gasteiger charge is 2.32. The third-order valence-corrected chi connectivity index (χ3v) is 5.68. The van der Waals surface area contributed by atoms with Crippen LogP contribution in [-0.2, 0) is 9.53 Å². The summed E-state index contributed by atoms with van der Waals surface area (Å²) in [5, 5.41) is 6.84. The van der Waals surface area contributed by atoms with E-state index in [0.717, 1.165) is 64.6 Å². The summed E-state index contributed by atoms with van der Waals surface area (Å²) in [5.74, 6) is 1.48. The van der Waals surface area contributed by atoms with Gasteiger partial charge in [-0.2, -0.15) is 0 Å². The van der Waals surface area contributed by atoms with Crippen LogP contribution in [0.15, 0.2) is 4.99 Å². The smallest absolute Gasteiger partial charge is 0.225 e.